The van der Waals surface area contributed by atoms with Crippen molar-refractivity contribution in [1.82, 2.24) is 0 Å². The Kier molecular flexibility index (Phi) is 3.98. The highest BCUT2D eigenvalue weighted by atomic mass is 16.3. The quantitative estimate of drug-likeness (QED) is 0.764. The van der Waals surface area contributed by atoms with Gasteiger partial charge in [-0.15, -0.1) is 0 Å². The van der Waals surface area contributed by atoms with Crippen LogP contribution in [0.25, 0.3) is 0 Å². The van der Waals surface area contributed by atoms with Crippen molar-refractivity contribution in [2.45, 2.75) is 77.9 Å². The molecule has 0 unspecified atom stereocenters. The van der Waals surface area contributed by atoms with Crippen molar-refractivity contribution in [2.75, 3.05) is 0 Å². The number of carbonyl (C=O) groups excluding carboxylic acids is 2. The van der Waals surface area contributed by atoms with E-state index in [2.05, 4.69) is 13.8 Å². The lowest BCUT2D eigenvalue weighted by molar-refractivity contribution is -0.204. The molecule has 0 aromatic heterocycles. The van der Waals surface area contributed by atoms with Crippen molar-refractivity contribution < 1.29 is 19.8 Å². The monoisotopic (exact) mass is 348 g/mol. The second-order valence-corrected chi connectivity index (χ2v) is 9.98. The first-order chi connectivity index (χ1) is 11.7. The minimum atomic E-state index is -0.484. The number of hydrogen-bond acceptors (Lipinski definition) is 4. The van der Waals surface area contributed by atoms with Gasteiger partial charge in [-0.1, -0.05) is 13.8 Å². The fraction of sp³-hybridized carbons (Fsp3) is 0.905. The average Bonchev–Trinajstić information content (AvgIpc) is 2.85. The van der Waals surface area contributed by atoms with E-state index >= 15 is 0 Å². The molecule has 0 heterocycles. The van der Waals surface area contributed by atoms with Gasteiger partial charge in [0.2, 0.25) is 0 Å². The third-order valence-electron chi connectivity index (χ3n) is 8.92. The van der Waals surface area contributed by atoms with E-state index in [1.54, 1.807) is 6.92 Å². The Labute approximate surface area is 150 Å². The molecule has 25 heavy (non-hydrogen) atoms. The van der Waals surface area contributed by atoms with Crippen LogP contribution in [0.2, 0.25) is 0 Å². The van der Waals surface area contributed by atoms with Crippen LogP contribution in [-0.4, -0.2) is 34.0 Å². The fourth-order valence-electron chi connectivity index (χ4n) is 7.79. The number of Topliss-reactive ketones (excluding diaryl/α,β-unsaturated/α-hetero) is 2. The van der Waals surface area contributed by atoms with Crippen LogP contribution >= 0.6 is 0 Å². The number of fused-ring (bicyclic) bond motifs is 5. The van der Waals surface area contributed by atoms with Crippen LogP contribution in [0.4, 0.5) is 0 Å². The highest BCUT2D eigenvalue weighted by molar-refractivity contribution is 5.80. The van der Waals surface area contributed by atoms with Gasteiger partial charge in [-0.3, -0.25) is 9.59 Å². The molecule has 0 aliphatic heterocycles. The van der Waals surface area contributed by atoms with Crippen LogP contribution in [0.3, 0.4) is 0 Å². The molecular weight excluding hydrogens is 316 g/mol. The average molecular weight is 348 g/mol. The number of carbonyl (C=O) groups is 2. The zero-order valence-corrected chi connectivity index (χ0v) is 15.7. The number of ketones is 2. The summed E-state index contributed by atoms with van der Waals surface area (Å²) in [7, 11) is 0. The predicted octanol–water partition coefficient (Wildman–Crippen LogP) is 2.75. The summed E-state index contributed by atoms with van der Waals surface area (Å²) in [5.41, 5.74) is -0.256. The van der Waals surface area contributed by atoms with Gasteiger partial charge in [0.1, 0.15) is 11.6 Å². The topological polar surface area (TPSA) is 74.6 Å². The van der Waals surface area contributed by atoms with E-state index in [0.29, 0.717) is 37.4 Å². The van der Waals surface area contributed by atoms with Crippen LogP contribution in [0.5, 0.6) is 0 Å². The highest BCUT2D eigenvalue weighted by Gasteiger charge is 2.65. The molecule has 0 spiro atoms. The minimum Gasteiger partial charge on any atom is -0.393 e. The third kappa shape index (κ3) is 2.32. The molecular formula is C21H32O4. The zero-order valence-electron chi connectivity index (χ0n) is 15.7. The molecule has 4 fully saturated rings. The molecule has 4 rings (SSSR count). The summed E-state index contributed by atoms with van der Waals surface area (Å²) in [5, 5.41) is 22.2. The molecule has 0 saturated heterocycles. The van der Waals surface area contributed by atoms with Gasteiger partial charge in [-0.05, 0) is 73.5 Å². The van der Waals surface area contributed by atoms with Crippen LogP contribution in [-0.2, 0) is 9.59 Å². The van der Waals surface area contributed by atoms with E-state index < -0.39 is 12.2 Å². The number of rotatable bonds is 1. The molecule has 4 saturated carbocycles. The van der Waals surface area contributed by atoms with E-state index in [4.69, 9.17) is 0 Å². The number of aliphatic hydroxyl groups excluding tert-OH is 2. The standard InChI is InChI=1S/C21H32O4/c1-11(22)14-4-5-15-18-16(24)9-12-8-13(23)6-7-20(12,2)19(18)17(25)10-21(14,15)3/h12,14-19,24-25H,4-10H2,1-3H3/t12-,14-,15+,16-,17-,18-,19+,20+,21-/m1/s1. The van der Waals surface area contributed by atoms with Gasteiger partial charge < -0.3 is 10.2 Å². The third-order valence-corrected chi connectivity index (χ3v) is 8.92. The molecule has 4 heteroatoms. The second kappa shape index (κ2) is 5.63. The van der Waals surface area contributed by atoms with Crippen molar-refractivity contribution >= 4 is 11.6 Å². The zero-order chi connectivity index (χ0) is 18.1. The molecule has 0 aromatic rings. The lowest BCUT2D eigenvalue weighted by atomic mass is 9.43. The Morgan fingerprint density at radius 1 is 1.12 bits per heavy atom. The molecule has 140 valence electrons. The number of aliphatic hydroxyl groups is 2. The van der Waals surface area contributed by atoms with Crippen molar-refractivity contribution in [3.05, 3.63) is 0 Å². The van der Waals surface area contributed by atoms with Gasteiger partial charge in [0.05, 0.1) is 12.2 Å². The van der Waals surface area contributed by atoms with Crippen molar-refractivity contribution in [1.29, 1.82) is 0 Å². The predicted molar refractivity (Wildman–Crippen MR) is 93.7 cm³/mol. The largest absolute Gasteiger partial charge is 0.393 e. The first-order valence-electron chi connectivity index (χ1n) is 10.1. The summed E-state index contributed by atoms with van der Waals surface area (Å²) in [6.07, 6.45) is 4.25. The van der Waals surface area contributed by atoms with E-state index in [0.717, 1.165) is 19.3 Å². The van der Waals surface area contributed by atoms with Crippen LogP contribution in [0, 0.1) is 40.4 Å². The van der Waals surface area contributed by atoms with Gasteiger partial charge in [0, 0.05) is 18.8 Å². The summed E-state index contributed by atoms with van der Waals surface area (Å²) >= 11 is 0. The van der Waals surface area contributed by atoms with Crippen LogP contribution < -0.4 is 0 Å². The Morgan fingerprint density at radius 3 is 2.52 bits per heavy atom. The molecule has 4 aliphatic rings. The Balaban J connectivity index is 1.73. The summed E-state index contributed by atoms with van der Waals surface area (Å²) in [4.78, 5) is 24.2. The lowest BCUT2D eigenvalue weighted by Gasteiger charge is -2.62. The maximum absolute atomic E-state index is 12.2. The summed E-state index contributed by atoms with van der Waals surface area (Å²) < 4.78 is 0. The maximum atomic E-state index is 12.2. The normalized spacial score (nSPS) is 55.2. The summed E-state index contributed by atoms with van der Waals surface area (Å²) in [5.74, 6) is 1.16. The first-order valence-corrected chi connectivity index (χ1v) is 10.1. The first kappa shape index (κ1) is 17.7. The van der Waals surface area contributed by atoms with Gasteiger partial charge >= 0.3 is 0 Å². The van der Waals surface area contributed by atoms with E-state index in [9.17, 15) is 19.8 Å². The molecule has 0 amide bonds. The Morgan fingerprint density at radius 2 is 1.84 bits per heavy atom. The van der Waals surface area contributed by atoms with E-state index in [-0.39, 0.29) is 40.3 Å². The SMILES string of the molecule is CC(=O)[C@H]1CC[C@H]2[C@H]3[C@H]([C@H](O)C[C@]12C)[C@@]1(C)CCC(=O)C[C@@H]1C[C@H]3O. The van der Waals surface area contributed by atoms with Gasteiger partial charge in [0.15, 0.2) is 0 Å². The maximum Gasteiger partial charge on any atom is 0.133 e. The smallest absolute Gasteiger partial charge is 0.133 e. The fourth-order valence-corrected chi connectivity index (χ4v) is 7.79. The van der Waals surface area contributed by atoms with Crippen molar-refractivity contribution in [2.24, 2.45) is 40.4 Å². The molecule has 4 nitrogen and oxygen atoms in total. The summed E-state index contributed by atoms with van der Waals surface area (Å²) in [6.45, 7) is 6.09. The minimum absolute atomic E-state index is 0.0127. The van der Waals surface area contributed by atoms with Crippen LogP contribution in [0.1, 0.15) is 65.7 Å². The van der Waals surface area contributed by atoms with Gasteiger partial charge in [-0.25, -0.2) is 0 Å². The van der Waals surface area contributed by atoms with Crippen molar-refractivity contribution in [3.8, 4) is 0 Å². The molecule has 0 radical (unpaired) electrons. The second-order valence-electron chi connectivity index (χ2n) is 9.98. The molecule has 9 atom stereocenters. The number of hydrogen-bond donors (Lipinski definition) is 2. The molecule has 0 aromatic carbocycles. The molecule has 4 aliphatic carbocycles. The molecule has 2 N–H and O–H groups in total. The Bertz CT molecular complexity index is 601. The Hall–Kier alpha value is -0.740. The van der Waals surface area contributed by atoms with E-state index in [1.165, 1.54) is 0 Å². The van der Waals surface area contributed by atoms with Crippen LogP contribution in [0.15, 0.2) is 0 Å². The summed E-state index contributed by atoms with van der Waals surface area (Å²) in [6, 6.07) is 0. The molecule has 0 bridgehead atoms. The van der Waals surface area contributed by atoms with E-state index in [1.807, 2.05) is 0 Å². The van der Waals surface area contributed by atoms with Gasteiger partial charge in [0.25, 0.3) is 0 Å². The van der Waals surface area contributed by atoms with Crippen molar-refractivity contribution in [3.63, 3.8) is 0 Å². The highest BCUT2D eigenvalue weighted by Crippen LogP contribution is 2.67. The lowest BCUT2D eigenvalue weighted by Crippen LogP contribution is -2.63. The van der Waals surface area contributed by atoms with Gasteiger partial charge in [-0.2, -0.15) is 0 Å².